The maximum atomic E-state index is 3.72. The van der Waals surface area contributed by atoms with Gasteiger partial charge in [-0.2, -0.15) is 0 Å². The summed E-state index contributed by atoms with van der Waals surface area (Å²) in [5.41, 5.74) is 2.17. The normalized spacial score (nSPS) is 11.0. The van der Waals surface area contributed by atoms with Crippen LogP contribution in [0.4, 0.5) is 0 Å². The lowest BCUT2D eigenvalue weighted by atomic mass is 10.00. The third-order valence-corrected chi connectivity index (χ3v) is 16.3. The summed E-state index contributed by atoms with van der Waals surface area (Å²) in [6.45, 7) is 9.11. The van der Waals surface area contributed by atoms with E-state index in [1.807, 2.05) is 22.7 Å². The van der Waals surface area contributed by atoms with Crippen LogP contribution in [0, 0.1) is 23.7 Å². The Labute approximate surface area is 422 Å². The van der Waals surface area contributed by atoms with Crippen molar-refractivity contribution in [1.82, 2.24) is 0 Å². The van der Waals surface area contributed by atoms with Crippen molar-refractivity contribution in [2.24, 2.45) is 0 Å². The van der Waals surface area contributed by atoms with E-state index in [9.17, 15) is 0 Å². The summed E-state index contributed by atoms with van der Waals surface area (Å²) < 4.78 is 5.04. The first-order valence-corrected chi connectivity index (χ1v) is 29.0. The lowest BCUT2D eigenvalue weighted by Gasteiger charge is -2.08. The van der Waals surface area contributed by atoms with Gasteiger partial charge in [0.25, 0.3) is 0 Å². The molecule has 0 aliphatic heterocycles. The standard InChI is InChI=1S/C30H38Br2.C30H40S2.CH4/c1-3-5-7-9-11-13-15-17-19-27-25-21-24-30(32)28(26(25)22-23-29(27)31)20-18-16-14-12-10-8-6-4-2;1-3-5-7-9-11-13-15-23-21-27-25-18-20-30-28(26(25)17-19-29(27)31-23)22-24(32-30)16-14-12-10-8-6-4-2;/h21-24H,3-16H2,1-2H3;17-22H,3-16H2,1-2H3;1H4. The Morgan fingerprint density at radius 3 is 1.06 bits per heavy atom. The van der Waals surface area contributed by atoms with E-state index < -0.39 is 0 Å². The van der Waals surface area contributed by atoms with E-state index in [1.54, 1.807) is 9.75 Å². The summed E-state index contributed by atoms with van der Waals surface area (Å²) in [6, 6.07) is 23.0. The van der Waals surface area contributed by atoms with Gasteiger partial charge in [-0.05, 0) is 128 Å². The van der Waals surface area contributed by atoms with Crippen molar-refractivity contribution in [2.45, 2.75) is 215 Å². The molecule has 0 unspecified atom stereocenters. The van der Waals surface area contributed by atoms with Crippen LogP contribution in [0.5, 0.6) is 0 Å². The number of fused-ring (bicyclic) bond motifs is 6. The van der Waals surface area contributed by atoms with Crippen LogP contribution in [0.3, 0.4) is 0 Å². The van der Waals surface area contributed by atoms with Gasteiger partial charge in [-0.15, -0.1) is 22.7 Å². The molecule has 0 nitrogen and oxygen atoms in total. The molecule has 0 aliphatic rings. The van der Waals surface area contributed by atoms with Gasteiger partial charge in [0.2, 0.25) is 0 Å². The van der Waals surface area contributed by atoms with Crippen LogP contribution in [0.15, 0.2) is 69.6 Å². The largest absolute Gasteiger partial charge is 0.140 e. The highest BCUT2D eigenvalue weighted by atomic mass is 79.9. The van der Waals surface area contributed by atoms with E-state index in [4.69, 9.17) is 0 Å². The number of hydrogen-bond acceptors (Lipinski definition) is 2. The predicted octanol–water partition coefficient (Wildman–Crippen LogP) is 22.3. The fourth-order valence-electron chi connectivity index (χ4n) is 8.85. The molecular weight excluding hydrogens is 957 g/mol. The highest BCUT2D eigenvalue weighted by Crippen LogP contribution is 2.39. The molecule has 6 rings (SSSR count). The average molecular weight is 1040 g/mol. The number of aryl methyl sites for hydroxylation is 2. The molecule has 2 aromatic heterocycles. The summed E-state index contributed by atoms with van der Waals surface area (Å²) in [4.78, 5) is 3.13. The molecule has 65 heavy (non-hydrogen) atoms. The highest BCUT2D eigenvalue weighted by Gasteiger charge is 2.12. The summed E-state index contributed by atoms with van der Waals surface area (Å²) >= 11 is 11.5. The Bertz CT molecular complexity index is 2240. The topological polar surface area (TPSA) is 0 Å². The molecule has 2 heterocycles. The Morgan fingerprint density at radius 1 is 0.369 bits per heavy atom. The Hall–Kier alpha value is -2.60. The molecule has 0 saturated heterocycles. The van der Waals surface area contributed by atoms with Gasteiger partial charge in [-0.3, -0.25) is 0 Å². The molecular formula is C61H82Br2S2. The molecule has 4 heteroatoms. The second kappa shape index (κ2) is 32.2. The van der Waals surface area contributed by atoms with Crippen LogP contribution in [0.25, 0.3) is 41.7 Å². The molecule has 6 aromatic rings. The summed E-state index contributed by atoms with van der Waals surface area (Å²) in [5.74, 6) is 13.7. The third-order valence-electron chi connectivity index (χ3n) is 12.7. The van der Waals surface area contributed by atoms with Crippen LogP contribution in [0.1, 0.15) is 223 Å². The van der Waals surface area contributed by atoms with Crippen molar-refractivity contribution in [3.8, 4) is 23.7 Å². The van der Waals surface area contributed by atoms with Crippen molar-refractivity contribution in [2.75, 3.05) is 0 Å². The van der Waals surface area contributed by atoms with Crippen LogP contribution < -0.4 is 0 Å². The monoisotopic (exact) mass is 1040 g/mol. The van der Waals surface area contributed by atoms with Crippen molar-refractivity contribution in [3.63, 3.8) is 0 Å². The van der Waals surface area contributed by atoms with Crippen LogP contribution in [-0.2, 0) is 12.8 Å². The Kier molecular flexibility index (Phi) is 27.2. The minimum Gasteiger partial charge on any atom is -0.140 e. The zero-order valence-electron chi connectivity index (χ0n) is 40.1. The minimum absolute atomic E-state index is 0. The number of halogens is 2. The second-order valence-corrected chi connectivity index (χ2v) is 22.1. The fraction of sp³-hybridized carbons (Fsp3) is 0.541. The van der Waals surface area contributed by atoms with Gasteiger partial charge in [0.05, 0.1) is 0 Å². The van der Waals surface area contributed by atoms with Gasteiger partial charge in [-0.25, -0.2) is 0 Å². The molecule has 0 saturated carbocycles. The molecule has 4 aromatic carbocycles. The summed E-state index contributed by atoms with van der Waals surface area (Å²) in [5, 5.41) is 8.20. The van der Waals surface area contributed by atoms with E-state index in [0.717, 1.165) is 32.9 Å². The van der Waals surface area contributed by atoms with Gasteiger partial charge in [0.1, 0.15) is 0 Å². The number of unbranched alkanes of at least 4 members (excludes halogenated alkanes) is 22. The van der Waals surface area contributed by atoms with Crippen molar-refractivity contribution >= 4 is 96.3 Å². The number of benzene rings is 4. The minimum atomic E-state index is 0. The molecule has 0 aliphatic carbocycles. The predicted molar refractivity (Wildman–Crippen MR) is 305 cm³/mol. The fourth-order valence-corrected chi connectivity index (χ4v) is 12.0. The van der Waals surface area contributed by atoms with Crippen molar-refractivity contribution < 1.29 is 0 Å². The maximum absolute atomic E-state index is 3.72. The quantitative estimate of drug-likeness (QED) is 0.0375. The smallest absolute Gasteiger partial charge is 0.0466 e. The first-order valence-electron chi connectivity index (χ1n) is 25.7. The Morgan fingerprint density at radius 2 is 0.692 bits per heavy atom. The van der Waals surface area contributed by atoms with Gasteiger partial charge >= 0.3 is 0 Å². The van der Waals surface area contributed by atoms with Gasteiger partial charge in [-0.1, -0.05) is 211 Å². The molecule has 0 spiro atoms. The maximum Gasteiger partial charge on any atom is 0.0466 e. The molecule has 0 atom stereocenters. The van der Waals surface area contributed by atoms with E-state index >= 15 is 0 Å². The molecule has 0 amide bonds. The molecule has 0 N–H and O–H groups in total. The molecule has 0 radical (unpaired) electrons. The third kappa shape index (κ3) is 18.1. The number of rotatable bonds is 26. The summed E-state index contributed by atoms with van der Waals surface area (Å²) in [6.07, 6.45) is 36.6. The van der Waals surface area contributed by atoms with Crippen molar-refractivity contribution in [1.29, 1.82) is 0 Å². The van der Waals surface area contributed by atoms with Gasteiger partial charge in [0.15, 0.2) is 0 Å². The van der Waals surface area contributed by atoms with E-state index in [0.29, 0.717) is 0 Å². The van der Waals surface area contributed by atoms with E-state index in [2.05, 4.69) is 144 Å². The highest BCUT2D eigenvalue weighted by molar-refractivity contribution is 9.10. The number of thiophene rings is 2. The molecule has 0 fully saturated rings. The zero-order valence-corrected chi connectivity index (χ0v) is 44.9. The van der Waals surface area contributed by atoms with Crippen LogP contribution >= 0.6 is 54.5 Å². The van der Waals surface area contributed by atoms with Crippen LogP contribution in [0.2, 0.25) is 0 Å². The van der Waals surface area contributed by atoms with Gasteiger partial charge < -0.3 is 0 Å². The average Bonchev–Trinajstić information content (AvgIpc) is 3.93. The SMILES string of the molecule is C.CCCCCCCCC#Cc1c(Br)ccc2c(C#CCCCCCCCC)c(Br)ccc12.CCCCCCCCc1cc2c(ccc3c4cc(CCCCCCCC)sc4ccc23)s1. The van der Waals surface area contributed by atoms with Gasteiger partial charge in [0, 0.05) is 62.8 Å². The van der Waals surface area contributed by atoms with Crippen LogP contribution in [-0.4, -0.2) is 0 Å². The summed E-state index contributed by atoms with van der Waals surface area (Å²) in [7, 11) is 0. The van der Waals surface area contributed by atoms with E-state index in [1.165, 1.54) is 209 Å². The second-order valence-electron chi connectivity index (χ2n) is 18.1. The first-order chi connectivity index (χ1) is 31.5. The lowest BCUT2D eigenvalue weighted by molar-refractivity contribution is 0.609. The lowest BCUT2D eigenvalue weighted by Crippen LogP contribution is -1.88. The Balaban J connectivity index is 0.000000280. The first kappa shape index (κ1) is 55.0. The zero-order chi connectivity index (χ0) is 45.2. The molecule has 352 valence electrons. The van der Waals surface area contributed by atoms with Crippen molar-refractivity contribution in [3.05, 3.63) is 90.5 Å². The molecule has 0 bridgehead atoms. The van der Waals surface area contributed by atoms with E-state index in [-0.39, 0.29) is 7.43 Å². The number of hydrogen-bond donors (Lipinski definition) is 0.